The molecule has 0 unspecified atom stereocenters. The average Bonchev–Trinajstić information content (AvgIpc) is 3.09. The highest BCUT2D eigenvalue weighted by molar-refractivity contribution is 7.99. The number of carbonyl (C=O) groups excluding carboxylic acids is 1. The number of aliphatic hydroxyl groups excluding tert-OH is 1. The van der Waals surface area contributed by atoms with E-state index in [1.54, 1.807) is 17.0 Å². The number of thioether (sulfide) groups is 1. The third kappa shape index (κ3) is 3.42. The van der Waals surface area contributed by atoms with Gasteiger partial charge >= 0.3 is 0 Å². The highest BCUT2D eigenvalue weighted by Crippen LogP contribution is 2.24. The van der Waals surface area contributed by atoms with E-state index in [-0.39, 0.29) is 5.91 Å². The molecule has 4 nitrogen and oxygen atoms in total. The fourth-order valence-electron chi connectivity index (χ4n) is 3.07. The molecule has 0 aromatic heterocycles. The van der Waals surface area contributed by atoms with Crippen LogP contribution in [0.2, 0.25) is 0 Å². The van der Waals surface area contributed by atoms with Crippen LogP contribution in [0.4, 0.5) is 0 Å². The van der Waals surface area contributed by atoms with Crippen molar-refractivity contribution in [1.82, 2.24) is 9.80 Å². The van der Waals surface area contributed by atoms with Gasteiger partial charge in [0.05, 0.1) is 0 Å². The van der Waals surface area contributed by atoms with Gasteiger partial charge in [0.1, 0.15) is 0 Å². The molecular formula is C16H22N2O2S. The summed E-state index contributed by atoms with van der Waals surface area (Å²) in [6.07, 6.45) is 0.241. The summed E-state index contributed by atoms with van der Waals surface area (Å²) in [6.45, 7) is 3.31. The Labute approximate surface area is 130 Å². The van der Waals surface area contributed by atoms with E-state index in [0.717, 1.165) is 26.2 Å². The standard InChI is InChI=1S/C16H22N2O2S/c19-15(13-4-2-1-3-5-13)16(20)18-9-7-17(8-10-18)14-6-11-21-12-14/h1-5,14-15,19H,6-12H2/t14-,15+/m1/s1. The van der Waals surface area contributed by atoms with Crippen LogP contribution in [0.15, 0.2) is 30.3 Å². The third-order valence-electron chi connectivity index (χ3n) is 4.40. The van der Waals surface area contributed by atoms with Crippen LogP contribution in [0, 0.1) is 0 Å². The van der Waals surface area contributed by atoms with Crippen LogP contribution < -0.4 is 0 Å². The maximum Gasteiger partial charge on any atom is 0.256 e. The number of carbonyl (C=O) groups is 1. The Bertz CT molecular complexity index is 468. The molecule has 0 spiro atoms. The lowest BCUT2D eigenvalue weighted by atomic mass is 10.1. The first-order valence-corrected chi connectivity index (χ1v) is 8.75. The van der Waals surface area contributed by atoms with Crippen LogP contribution in [0.1, 0.15) is 18.1 Å². The lowest BCUT2D eigenvalue weighted by Crippen LogP contribution is -2.53. The van der Waals surface area contributed by atoms with Gasteiger partial charge in [0.25, 0.3) is 5.91 Å². The second-order valence-corrected chi connectivity index (χ2v) is 6.84. The van der Waals surface area contributed by atoms with Gasteiger partial charge in [-0.3, -0.25) is 9.69 Å². The maximum absolute atomic E-state index is 12.4. The Morgan fingerprint density at radius 1 is 1.19 bits per heavy atom. The summed E-state index contributed by atoms with van der Waals surface area (Å²) in [4.78, 5) is 16.7. The van der Waals surface area contributed by atoms with Gasteiger partial charge in [-0.25, -0.2) is 0 Å². The molecular weight excluding hydrogens is 284 g/mol. The molecule has 0 bridgehead atoms. The van der Waals surface area contributed by atoms with Crippen molar-refractivity contribution >= 4 is 17.7 Å². The number of benzene rings is 1. The van der Waals surface area contributed by atoms with Crippen molar-refractivity contribution in [2.45, 2.75) is 18.6 Å². The van der Waals surface area contributed by atoms with Crippen LogP contribution in [-0.4, -0.2) is 64.5 Å². The van der Waals surface area contributed by atoms with Crippen LogP contribution in [0.5, 0.6) is 0 Å². The minimum atomic E-state index is -1.03. The highest BCUT2D eigenvalue weighted by Gasteiger charge is 2.30. The van der Waals surface area contributed by atoms with Crippen molar-refractivity contribution in [1.29, 1.82) is 0 Å². The third-order valence-corrected chi connectivity index (χ3v) is 5.54. The van der Waals surface area contributed by atoms with Gasteiger partial charge in [-0.15, -0.1) is 0 Å². The first kappa shape index (κ1) is 14.9. The number of piperazine rings is 1. The summed E-state index contributed by atoms with van der Waals surface area (Å²) >= 11 is 2.02. The number of amides is 1. The van der Waals surface area contributed by atoms with Crippen LogP contribution in [0.25, 0.3) is 0 Å². The second kappa shape index (κ2) is 6.81. The Balaban J connectivity index is 1.55. The van der Waals surface area contributed by atoms with Crippen molar-refractivity contribution in [2.75, 3.05) is 37.7 Å². The molecule has 2 atom stereocenters. The zero-order valence-corrected chi connectivity index (χ0v) is 13.0. The van der Waals surface area contributed by atoms with E-state index < -0.39 is 6.10 Å². The predicted molar refractivity (Wildman–Crippen MR) is 85.3 cm³/mol. The molecule has 114 valence electrons. The summed E-state index contributed by atoms with van der Waals surface area (Å²) in [5.74, 6) is 2.32. The van der Waals surface area contributed by atoms with Gasteiger partial charge in [0.2, 0.25) is 0 Å². The maximum atomic E-state index is 12.4. The topological polar surface area (TPSA) is 43.8 Å². The zero-order chi connectivity index (χ0) is 14.7. The molecule has 2 saturated heterocycles. The van der Waals surface area contributed by atoms with Crippen LogP contribution in [-0.2, 0) is 4.79 Å². The van der Waals surface area contributed by atoms with E-state index in [1.807, 2.05) is 30.0 Å². The molecule has 2 heterocycles. The molecule has 2 aliphatic rings. The van der Waals surface area contributed by atoms with Gasteiger partial charge in [-0.2, -0.15) is 11.8 Å². The smallest absolute Gasteiger partial charge is 0.256 e. The quantitative estimate of drug-likeness (QED) is 0.916. The number of hydrogen-bond donors (Lipinski definition) is 1. The van der Waals surface area contributed by atoms with Gasteiger partial charge in [0.15, 0.2) is 6.10 Å². The molecule has 21 heavy (non-hydrogen) atoms. The van der Waals surface area contributed by atoms with E-state index in [0.29, 0.717) is 11.6 Å². The second-order valence-electron chi connectivity index (χ2n) is 5.69. The summed E-state index contributed by atoms with van der Waals surface area (Å²) < 4.78 is 0. The summed E-state index contributed by atoms with van der Waals surface area (Å²) in [5, 5.41) is 10.2. The molecule has 0 aliphatic carbocycles. The lowest BCUT2D eigenvalue weighted by Gasteiger charge is -2.38. The van der Waals surface area contributed by atoms with Crippen LogP contribution >= 0.6 is 11.8 Å². The van der Waals surface area contributed by atoms with Crippen molar-refractivity contribution < 1.29 is 9.90 Å². The fraction of sp³-hybridized carbons (Fsp3) is 0.562. The van der Waals surface area contributed by atoms with E-state index in [1.165, 1.54) is 17.9 Å². The number of nitrogens with zero attached hydrogens (tertiary/aromatic N) is 2. The molecule has 0 saturated carbocycles. The summed E-state index contributed by atoms with van der Waals surface area (Å²) in [7, 11) is 0. The minimum Gasteiger partial charge on any atom is -0.378 e. The largest absolute Gasteiger partial charge is 0.378 e. The number of rotatable bonds is 3. The first-order chi connectivity index (χ1) is 10.3. The number of hydrogen-bond acceptors (Lipinski definition) is 4. The zero-order valence-electron chi connectivity index (χ0n) is 12.1. The molecule has 0 radical (unpaired) electrons. The minimum absolute atomic E-state index is 0.165. The van der Waals surface area contributed by atoms with E-state index >= 15 is 0 Å². The molecule has 3 rings (SSSR count). The lowest BCUT2D eigenvalue weighted by molar-refractivity contribution is -0.142. The van der Waals surface area contributed by atoms with Crippen molar-refractivity contribution in [3.05, 3.63) is 35.9 Å². The normalized spacial score (nSPS) is 25.0. The Hall–Kier alpha value is -1.04. The Kier molecular flexibility index (Phi) is 4.83. The molecule has 1 amide bonds. The first-order valence-electron chi connectivity index (χ1n) is 7.59. The fourth-order valence-corrected chi connectivity index (χ4v) is 4.32. The molecule has 1 N–H and O–H groups in total. The summed E-state index contributed by atoms with van der Waals surface area (Å²) in [5.41, 5.74) is 0.678. The summed E-state index contributed by atoms with van der Waals surface area (Å²) in [6, 6.07) is 9.87. The van der Waals surface area contributed by atoms with Crippen molar-refractivity contribution in [3.8, 4) is 0 Å². The van der Waals surface area contributed by atoms with Gasteiger partial charge in [0, 0.05) is 38.0 Å². The van der Waals surface area contributed by atoms with E-state index in [9.17, 15) is 9.90 Å². The van der Waals surface area contributed by atoms with E-state index in [4.69, 9.17) is 0 Å². The Morgan fingerprint density at radius 3 is 2.52 bits per heavy atom. The van der Waals surface area contributed by atoms with Crippen molar-refractivity contribution in [2.24, 2.45) is 0 Å². The monoisotopic (exact) mass is 306 g/mol. The molecule has 5 heteroatoms. The molecule has 2 aliphatic heterocycles. The highest BCUT2D eigenvalue weighted by atomic mass is 32.2. The van der Waals surface area contributed by atoms with Crippen molar-refractivity contribution in [3.63, 3.8) is 0 Å². The SMILES string of the molecule is O=C([C@@H](O)c1ccccc1)N1CCN([C@@H]2CCSC2)CC1. The number of aliphatic hydroxyl groups is 1. The average molecular weight is 306 g/mol. The van der Waals surface area contributed by atoms with E-state index in [2.05, 4.69) is 4.90 Å². The van der Waals surface area contributed by atoms with Crippen LogP contribution in [0.3, 0.4) is 0 Å². The van der Waals surface area contributed by atoms with Gasteiger partial charge < -0.3 is 10.0 Å². The van der Waals surface area contributed by atoms with Gasteiger partial charge in [-0.05, 0) is 17.7 Å². The Morgan fingerprint density at radius 2 is 1.90 bits per heavy atom. The molecule has 1 aromatic rings. The predicted octanol–water partition coefficient (Wildman–Crippen LogP) is 1.37. The molecule has 2 fully saturated rings. The van der Waals surface area contributed by atoms with Gasteiger partial charge in [-0.1, -0.05) is 30.3 Å². The molecule has 1 aromatic carbocycles.